The number of nitrogens with one attached hydrogen (secondary N) is 1. The maximum atomic E-state index is 12.5. The molecule has 0 aliphatic carbocycles. The number of halogens is 1. The molecule has 2 N–H and O–H groups in total. The lowest BCUT2D eigenvalue weighted by Gasteiger charge is -2.29. The monoisotopic (exact) mass is 393 g/mol. The van der Waals surface area contributed by atoms with Gasteiger partial charge in [0.05, 0.1) is 6.26 Å². The fraction of sp³-hybridized carbons (Fsp3) is 0.450. The minimum Gasteiger partial charge on any atom is -0.467 e. The van der Waals surface area contributed by atoms with Crippen LogP contribution in [-0.2, 0) is 11.3 Å². The molecule has 1 amide bonds. The maximum absolute atomic E-state index is 12.5. The van der Waals surface area contributed by atoms with Crippen LogP contribution in [0, 0.1) is 0 Å². The van der Waals surface area contributed by atoms with Gasteiger partial charge in [-0.1, -0.05) is 30.3 Å². The average Bonchev–Trinajstić information content (AvgIpc) is 3.22. The van der Waals surface area contributed by atoms with Crippen LogP contribution < -0.4 is 5.32 Å². The van der Waals surface area contributed by atoms with Crippen LogP contribution in [0.25, 0.3) is 0 Å². The van der Waals surface area contributed by atoms with E-state index in [0.29, 0.717) is 31.8 Å². The van der Waals surface area contributed by atoms with E-state index < -0.39 is 6.10 Å². The lowest BCUT2D eigenvalue weighted by molar-refractivity contribution is -0.132. The van der Waals surface area contributed by atoms with E-state index in [2.05, 4.69) is 22.3 Å². The molecular weight excluding hydrogens is 366 g/mol. The molecule has 0 bridgehead atoms. The van der Waals surface area contributed by atoms with Gasteiger partial charge in [0.25, 0.3) is 0 Å². The summed E-state index contributed by atoms with van der Waals surface area (Å²) in [6, 6.07) is 13.7. The molecule has 6 nitrogen and oxygen atoms in total. The van der Waals surface area contributed by atoms with Crippen LogP contribution in [0.3, 0.4) is 0 Å². The summed E-state index contributed by atoms with van der Waals surface area (Å²) in [6.45, 7) is 4.98. The van der Waals surface area contributed by atoms with Crippen molar-refractivity contribution in [3.8, 4) is 0 Å². The molecule has 3 rings (SSSR count). The molecule has 7 heteroatoms. The Morgan fingerprint density at radius 3 is 2.59 bits per heavy atom. The Hall–Kier alpha value is -1.86. The summed E-state index contributed by atoms with van der Waals surface area (Å²) in [5, 5.41) is 13.7. The van der Waals surface area contributed by atoms with E-state index in [4.69, 9.17) is 4.42 Å². The predicted molar refractivity (Wildman–Crippen MR) is 107 cm³/mol. The van der Waals surface area contributed by atoms with E-state index in [9.17, 15) is 9.90 Å². The molecule has 1 aromatic carbocycles. The second-order valence-electron chi connectivity index (χ2n) is 6.63. The minimum absolute atomic E-state index is 0. The number of hydrogen-bond acceptors (Lipinski definition) is 5. The number of rotatable bonds is 8. The highest BCUT2D eigenvalue weighted by molar-refractivity contribution is 5.85. The number of amides is 1. The first-order valence-corrected chi connectivity index (χ1v) is 9.18. The summed E-state index contributed by atoms with van der Waals surface area (Å²) in [4.78, 5) is 16.5. The molecular formula is C20H28ClN3O3. The normalized spacial score (nSPS) is 15.4. The second kappa shape index (κ2) is 11.1. The molecule has 2 heterocycles. The molecule has 1 aliphatic rings. The molecule has 2 aromatic rings. The van der Waals surface area contributed by atoms with Gasteiger partial charge in [-0.15, -0.1) is 12.4 Å². The lowest BCUT2D eigenvalue weighted by Crippen LogP contribution is -2.47. The second-order valence-corrected chi connectivity index (χ2v) is 6.63. The van der Waals surface area contributed by atoms with E-state index in [1.165, 1.54) is 0 Å². The van der Waals surface area contributed by atoms with Crippen molar-refractivity contribution in [2.45, 2.75) is 19.1 Å². The first-order valence-electron chi connectivity index (χ1n) is 9.18. The highest BCUT2D eigenvalue weighted by atomic mass is 35.5. The van der Waals surface area contributed by atoms with Gasteiger partial charge in [-0.2, -0.15) is 0 Å². The first kappa shape index (κ1) is 21.4. The summed E-state index contributed by atoms with van der Waals surface area (Å²) in [6.07, 6.45) is 1.31. The third kappa shape index (κ3) is 6.66. The lowest BCUT2D eigenvalue weighted by atomic mass is 10.1. The van der Waals surface area contributed by atoms with Crippen molar-refractivity contribution < 1.29 is 14.3 Å². The number of hydrogen-bond donors (Lipinski definition) is 2. The molecule has 27 heavy (non-hydrogen) atoms. The zero-order valence-electron chi connectivity index (χ0n) is 15.4. The van der Waals surface area contributed by atoms with E-state index in [1.54, 1.807) is 18.4 Å². The van der Waals surface area contributed by atoms with Gasteiger partial charge in [0.2, 0.25) is 5.91 Å². The minimum atomic E-state index is -0.706. The van der Waals surface area contributed by atoms with Gasteiger partial charge in [0, 0.05) is 52.2 Å². The summed E-state index contributed by atoms with van der Waals surface area (Å²) in [5.41, 5.74) is 1.16. The number of furan rings is 1. The van der Waals surface area contributed by atoms with Crippen molar-refractivity contribution >= 4 is 18.3 Å². The molecule has 1 aromatic heterocycles. The number of benzene rings is 1. The van der Waals surface area contributed by atoms with Crippen LogP contribution in [0.5, 0.6) is 0 Å². The van der Waals surface area contributed by atoms with Gasteiger partial charge < -0.3 is 19.7 Å². The summed E-state index contributed by atoms with van der Waals surface area (Å²) >= 11 is 0. The van der Waals surface area contributed by atoms with Gasteiger partial charge in [0.15, 0.2) is 0 Å². The number of piperazine rings is 1. The fourth-order valence-electron chi connectivity index (χ4n) is 3.22. The highest BCUT2D eigenvalue weighted by Crippen LogP contribution is 2.17. The SMILES string of the molecule is Cl.O=C(CCN(Cc1ccccc1)CC(O)c1ccco1)N1CCNCC1. The summed E-state index contributed by atoms with van der Waals surface area (Å²) in [7, 11) is 0. The average molecular weight is 394 g/mol. The molecule has 1 unspecified atom stereocenters. The van der Waals surface area contributed by atoms with Gasteiger partial charge in [-0.05, 0) is 17.7 Å². The number of aliphatic hydroxyl groups excluding tert-OH is 1. The standard InChI is InChI=1S/C20H27N3O3.ClH/c24-18(19-7-4-14-26-19)16-22(15-17-5-2-1-3-6-17)11-8-20(25)23-12-9-21-10-13-23;/h1-7,14,18,21,24H,8-13,15-16H2;1H. The quantitative estimate of drug-likeness (QED) is 0.718. The van der Waals surface area contributed by atoms with Gasteiger partial charge in [-0.3, -0.25) is 9.69 Å². The molecule has 1 saturated heterocycles. The number of nitrogens with zero attached hydrogens (tertiary/aromatic N) is 2. The Morgan fingerprint density at radius 1 is 1.19 bits per heavy atom. The van der Waals surface area contributed by atoms with Gasteiger partial charge in [-0.25, -0.2) is 0 Å². The van der Waals surface area contributed by atoms with E-state index in [-0.39, 0.29) is 18.3 Å². The molecule has 0 spiro atoms. The van der Waals surface area contributed by atoms with Crippen molar-refractivity contribution in [3.05, 3.63) is 60.1 Å². The third-order valence-corrected chi connectivity index (χ3v) is 4.66. The van der Waals surface area contributed by atoms with Crippen LogP contribution in [-0.4, -0.2) is 60.1 Å². The van der Waals surface area contributed by atoms with Crippen LogP contribution in [0.2, 0.25) is 0 Å². The third-order valence-electron chi connectivity index (χ3n) is 4.66. The molecule has 1 aliphatic heterocycles. The Balaban J connectivity index is 0.00000261. The smallest absolute Gasteiger partial charge is 0.223 e. The summed E-state index contributed by atoms with van der Waals surface area (Å²) in [5.74, 6) is 0.730. The van der Waals surface area contributed by atoms with Crippen molar-refractivity contribution in [2.24, 2.45) is 0 Å². The van der Waals surface area contributed by atoms with Crippen LogP contribution in [0.4, 0.5) is 0 Å². The molecule has 1 fully saturated rings. The van der Waals surface area contributed by atoms with Gasteiger partial charge in [0.1, 0.15) is 11.9 Å². The van der Waals surface area contributed by atoms with Crippen molar-refractivity contribution in [3.63, 3.8) is 0 Å². The fourth-order valence-corrected chi connectivity index (χ4v) is 3.22. The Morgan fingerprint density at radius 2 is 1.93 bits per heavy atom. The van der Waals surface area contributed by atoms with Crippen LogP contribution in [0.1, 0.15) is 23.8 Å². The first-order chi connectivity index (χ1) is 12.7. The van der Waals surface area contributed by atoms with Crippen LogP contribution >= 0.6 is 12.4 Å². The zero-order chi connectivity index (χ0) is 18.2. The highest BCUT2D eigenvalue weighted by Gasteiger charge is 2.20. The number of carbonyl (C=O) groups is 1. The maximum Gasteiger partial charge on any atom is 0.223 e. The molecule has 0 radical (unpaired) electrons. The molecule has 0 saturated carbocycles. The van der Waals surface area contributed by atoms with E-state index in [0.717, 1.165) is 31.7 Å². The van der Waals surface area contributed by atoms with Crippen LogP contribution in [0.15, 0.2) is 53.1 Å². The van der Waals surface area contributed by atoms with Gasteiger partial charge >= 0.3 is 0 Å². The van der Waals surface area contributed by atoms with Crippen molar-refractivity contribution in [2.75, 3.05) is 39.3 Å². The number of carbonyl (C=O) groups excluding carboxylic acids is 1. The predicted octanol–water partition coefficient (Wildman–Crippen LogP) is 2.06. The molecule has 148 valence electrons. The molecule has 1 atom stereocenters. The topological polar surface area (TPSA) is 69.0 Å². The van der Waals surface area contributed by atoms with E-state index >= 15 is 0 Å². The van der Waals surface area contributed by atoms with Crippen molar-refractivity contribution in [1.82, 2.24) is 15.1 Å². The Bertz CT molecular complexity index is 660. The summed E-state index contributed by atoms with van der Waals surface area (Å²) < 4.78 is 5.31. The van der Waals surface area contributed by atoms with E-state index in [1.807, 2.05) is 23.1 Å². The van der Waals surface area contributed by atoms with Crippen molar-refractivity contribution in [1.29, 1.82) is 0 Å². The zero-order valence-corrected chi connectivity index (χ0v) is 16.2. The Kier molecular flexibility index (Phi) is 8.81. The Labute approximate surface area is 166 Å². The number of aliphatic hydroxyl groups is 1. The largest absolute Gasteiger partial charge is 0.467 e.